The van der Waals surface area contributed by atoms with Crippen molar-refractivity contribution in [2.45, 2.75) is 113 Å². The Morgan fingerprint density at radius 2 is 0.887 bits per heavy atom. The van der Waals surface area contributed by atoms with Crippen LogP contribution in [-0.2, 0) is 37.8 Å². The van der Waals surface area contributed by atoms with Crippen LogP contribution in [0.2, 0.25) is 0 Å². The summed E-state index contributed by atoms with van der Waals surface area (Å²) in [5.74, 6) is -5.68. The van der Waals surface area contributed by atoms with Crippen LogP contribution < -0.4 is 0 Å². The zero-order valence-corrected chi connectivity index (χ0v) is 34.1. The van der Waals surface area contributed by atoms with Gasteiger partial charge in [0.25, 0.3) is 0 Å². The van der Waals surface area contributed by atoms with Crippen molar-refractivity contribution in [3.63, 3.8) is 0 Å². The fourth-order valence-corrected chi connectivity index (χ4v) is 28.2. The number of rotatable bonds is 6. The van der Waals surface area contributed by atoms with Crippen LogP contribution in [0.3, 0.4) is 0 Å². The van der Waals surface area contributed by atoms with Gasteiger partial charge in [-0.15, -0.1) is 0 Å². The third-order valence-corrected chi connectivity index (χ3v) is 26.3. The van der Waals surface area contributed by atoms with Crippen molar-refractivity contribution in [3.05, 3.63) is 106 Å². The first-order valence-electron chi connectivity index (χ1n) is 18.0. The Kier molecular flexibility index (Phi) is 11.8. The first-order chi connectivity index (χ1) is 24.8. The zero-order chi connectivity index (χ0) is 38.6. The van der Waals surface area contributed by atoms with Crippen LogP contribution in [-0.4, -0.2) is 20.7 Å². The second-order valence-electron chi connectivity index (χ2n) is 16.4. The SMILES string of the molecule is CC(C)(C)c1cc(C[S]2=[Ti]=[S](Cc3cc(C(C)(C)C)cc(-c4c(F)cc(F)cc4F)c3O)[C@H]3CCCCCCC32)c(O)c(-c2c(F)cc(F)cc2F)c1. The Balaban J connectivity index is 1.51. The number of aromatic hydroxyl groups is 2. The molecule has 0 aromatic heterocycles. The first-order valence-corrected chi connectivity index (χ1v) is 24.8. The van der Waals surface area contributed by atoms with Crippen LogP contribution in [0.5, 0.6) is 11.5 Å². The van der Waals surface area contributed by atoms with Gasteiger partial charge in [0.05, 0.1) is 0 Å². The predicted molar refractivity (Wildman–Crippen MR) is 202 cm³/mol. The van der Waals surface area contributed by atoms with Gasteiger partial charge in [-0.1, -0.05) is 0 Å². The minimum atomic E-state index is -1.08. The summed E-state index contributed by atoms with van der Waals surface area (Å²) in [5, 5.41) is 24.2. The Labute approximate surface area is 318 Å². The van der Waals surface area contributed by atoms with Gasteiger partial charge in [-0.25, -0.2) is 0 Å². The number of benzene rings is 4. The molecule has 11 heteroatoms. The van der Waals surface area contributed by atoms with Gasteiger partial charge in [-0.2, -0.15) is 0 Å². The van der Waals surface area contributed by atoms with E-state index < -0.39 is 72.3 Å². The number of phenols is 2. The first kappa shape index (κ1) is 40.1. The number of fused-ring (bicyclic) bond motifs is 1. The van der Waals surface area contributed by atoms with Crippen molar-refractivity contribution in [1.82, 2.24) is 0 Å². The average Bonchev–Trinajstić information content (AvgIpc) is 3.31. The molecule has 2 aliphatic rings. The molecule has 6 rings (SSSR count). The van der Waals surface area contributed by atoms with Crippen LogP contribution in [0.4, 0.5) is 26.3 Å². The fourth-order valence-electron chi connectivity index (χ4n) is 7.39. The Morgan fingerprint density at radius 1 is 0.547 bits per heavy atom. The molecule has 0 bridgehead atoms. The molecule has 2 nitrogen and oxygen atoms in total. The molecule has 3 unspecified atom stereocenters. The molecule has 1 aliphatic heterocycles. The van der Waals surface area contributed by atoms with Gasteiger partial charge in [0, 0.05) is 0 Å². The molecule has 1 fully saturated rings. The molecule has 1 heterocycles. The summed E-state index contributed by atoms with van der Waals surface area (Å²) in [7, 11) is -0.271. The van der Waals surface area contributed by atoms with Crippen molar-refractivity contribution in [3.8, 4) is 33.8 Å². The molecule has 2 N–H and O–H groups in total. The van der Waals surface area contributed by atoms with Gasteiger partial charge in [0.15, 0.2) is 0 Å². The average molecular weight is 809 g/mol. The Bertz CT molecular complexity index is 1970. The zero-order valence-electron chi connectivity index (χ0n) is 30.9. The van der Waals surface area contributed by atoms with Crippen molar-refractivity contribution >= 4 is 15.9 Å². The number of phenolic OH excluding ortho intramolecular Hbond substituents is 2. The van der Waals surface area contributed by atoms with E-state index in [0.717, 1.165) is 49.7 Å². The third-order valence-electron chi connectivity index (χ3n) is 10.4. The van der Waals surface area contributed by atoms with Gasteiger partial charge in [-0.05, 0) is 0 Å². The van der Waals surface area contributed by atoms with Crippen LogP contribution in [0.25, 0.3) is 22.3 Å². The van der Waals surface area contributed by atoms with Gasteiger partial charge in [0.2, 0.25) is 0 Å². The van der Waals surface area contributed by atoms with E-state index in [1.807, 2.05) is 53.7 Å². The molecule has 4 aromatic rings. The number of hydrogen-bond acceptors (Lipinski definition) is 2. The summed E-state index contributed by atoms with van der Waals surface area (Å²) in [6.45, 7) is 12.0. The van der Waals surface area contributed by atoms with E-state index >= 15 is 17.6 Å². The standard InChI is InChI=1S/C42H46F6O2S2.Ti/c1-41(2,3)25-13-23(39(49)29(15-25)37-31(45)17-27(43)18-32(37)46)21-51-35-11-9-7-8-10-12-36(35)52-22-24-14-26(42(4,5)6)16-30(40(24)50)38-33(47)19-28(44)20-34(38)48;/h13-20,35-36,49-50H,7-12,21-22H2,1-6H3;/t35-,36?;/m0./s1. The molecule has 0 spiro atoms. The maximum atomic E-state index is 15.2. The normalized spacial score (nSPS) is 20.7. The molecule has 53 heavy (non-hydrogen) atoms. The molecule has 284 valence electrons. The molecular formula is C42H46F6O2S2Ti. The van der Waals surface area contributed by atoms with Crippen LogP contribution >= 0.6 is 15.9 Å². The van der Waals surface area contributed by atoms with E-state index in [4.69, 9.17) is 0 Å². The summed E-state index contributed by atoms with van der Waals surface area (Å²) in [4.78, 5) is 0. The molecule has 4 aromatic carbocycles. The summed E-state index contributed by atoms with van der Waals surface area (Å²) in [6.07, 6.45) is 6.49. The molecule has 0 radical (unpaired) electrons. The summed E-state index contributed by atoms with van der Waals surface area (Å²) in [5.41, 5.74) is 1.13. The van der Waals surface area contributed by atoms with Crippen molar-refractivity contribution in [2.75, 3.05) is 0 Å². The predicted octanol–water partition coefficient (Wildman–Crippen LogP) is 13.1. The molecule has 4 atom stereocenters. The van der Waals surface area contributed by atoms with Crippen LogP contribution in [0.15, 0.2) is 48.5 Å². The van der Waals surface area contributed by atoms with E-state index in [2.05, 4.69) is 0 Å². The summed E-state index contributed by atoms with van der Waals surface area (Å²) in [6, 6.07) is 9.62. The molecule has 1 aliphatic carbocycles. The third kappa shape index (κ3) is 8.51. The Morgan fingerprint density at radius 3 is 1.21 bits per heavy atom. The van der Waals surface area contributed by atoms with Crippen LogP contribution in [0.1, 0.15) is 102 Å². The second-order valence-corrected chi connectivity index (χ2v) is 27.8. The van der Waals surface area contributed by atoms with Gasteiger partial charge < -0.3 is 0 Å². The summed E-state index contributed by atoms with van der Waals surface area (Å²) >= 11 is -0.733. The van der Waals surface area contributed by atoms with Gasteiger partial charge >= 0.3 is 320 Å². The number of halogens is 6. The molecular weight excluding hydrogens is 762 g/mol. The molecule has 0 amide bonds. The topological polar surface area (TPSA) is 40.5 Å². The molecule has 1 saturated carbocycles. The van der Waals surface area contributed by atoms with E-state index in [1.165, 1.54) is 0 Å². The van der Waals surface area contributed by atoms with Crippen molar-refractivity contribution < 1.29 is 52.0 Å². The van der Waals surface area contributed by atoms with E-state index in [0.29, 0.717) is 57.4 Å². The Hall–Kier alpha value is -2.53. The second kappa shape index (κ2) is 15.5. The minimum absolute atomic E-state index is 0.00939. The molecule has 0 saturated heterocycles. The maximum absolute atomic E-state index is 15.2. The van der Waals surface area contributed by atoms with Gasteiger partial charge in [-0.3, -0.25) is 0 Å². The van der Waals surface area contributed by atoms with Crippen molar-refractivity contribution in [1.29, 1.82) is 0 Å². The van der Waals surface area contributed by atoms with E-state index in [9.17, 15) is 19.0 Å². The number of hydrogen-bond donors (Lipinski definition) is 2. The fraction of sp³-hybridized carbons (Fsp3) is 0.429. The summed E-state index contributed by atoms with van der Waals surface area (Å²) < 4.78 is 88.6. The van der Waals surface area contributed by atoms with E-state index in [-0.39, 0.29) is 38.6 Å². The van der Waals surface area contributed by atoms with E-state index in [1.54, 1.807) is 12.1 Å². The van der Waals surface area contributed by atoms with Gasteiger partial charge in [0.1, 0.15) is 0 Å². The monoisotopic (exact) mass is 808 g/mol. The quantitative estimate of drug-likeness (QED) is 0.150. The van der Waals surface area contributed by atoms with Crippen molar-refractivity contribution in [2.24, 2.45) is 0 Å². The van der Waals surface area contributed by atoms with Crippen LogP contribution in [0, 0.1) is 34.9 Å².